The largest absolute Gasteiger partial charge is 0.450 e. The highest BCUT2D eigenvalue weighted by Gasteiger charge is 2.28. The lowest BCUT2D eigenvalue weighted by Crippen LogP contribution is -2.48. The zero-order chi connectivity index (χ0) is 27.6. The van der Waals surface area contributed by atoms with E-state index in [0.717, 1.165) is 47.1 Å². The van der Waals surface area contributed by atoms with Crippen molar-refractivity contribution in [2.24, 2.45) is 0 Å². The van der Waals surface area contributed by atoms with Gasteiger partial charge in [0.1, 0.15) is 0 Å². The molecule has 0 spiro atoms. The molecule has 206 valence electrons. The summed E-state index contributed by atoms with van der Waals surface area (Å²) in [6, 6.07) is 16.9. The summed E-state index contributed by atoms with van der Waals surface area (Å²) >= 11 is 8.31. The SMILES string of the molecule is CCOC(=O)N1CCN(Cc2cc(C3CC=C(c4cccc(S(C)(=O)=O)c4)S3)n(-c3ccccc3Cl)n2)CC1. The van der Waals surface area contributed by atoms with Crippen LogP contribution in [0.15, 0.2) is 65.6 Å². The van der Waals surface area contributed by atoms with Crippen LogP contribution < -0.4 is 0 Å². The Morgan fingerprint density at radius 3 is 2.59 bits per heavy atom. The number of allylic oxidation sites excluding steroid dienone is 1. The molecule has 39 heavy (non-hydrogen) atoms. The van der Waals surface area contributed by atoms with Crippen LogP contribution in [-0.4, -0.2) is 73.1 Å². The van der Waals surface area contributed by atoms with Gasteiger partial charge in [-0.15, -0.1) is 11.8 Å². The van der Waals surface area contributed by atoms with Gasteiger partial charge in [-0.3, -0.25) is 4.90 Å². The number of carbonyl (C=O) groups excluding carboxylic acids is 1. The number of amides is 1. The minimum Gasteiger partial charge on any atom is -0.450 e. The Bertz CT molecular complexity index is 1500. The molecule has 0 bridgehead atoms. The summed E-state index contributed by atoms with van der Waals surface area (Å²) in [5, 5.41) is 5.69. The minimum absolute atomic E-state index is 0.0973. The lowest BCUT2D eigenvalue weighted by Gasteiger charge is -2.33. The summed E-state index contributed by atoms with van der Waals surface area (Å²) in [5.41, 5.74) is 3.69. The van der Waals surface area contributed by atoms with Crippen molar-refractivity contribution in [3.63, 3.8) is 0 Å². The van der Waals surface area contributed by atoms with E-state index in [1.807, 2.05) is 41.9 Å². The molecule has 0 saturated carbocycles. The van der Waals surface area contributed by atoms with Crippen molar-refractivity contribution in [3.8, 4) is 5.69 Å². The Kier molecular flexibility index (Phi) is 8.37. The third-order valence-electron chi connectivity index (χ3n) is 6.82. The number of aromatic nitrogens is 2. The van der Waals surface area contributed by atoms with E-state index in [9.17, 15) is 13.2 Å². The molecular formula is C28H31ClN4O4S2. The van der Waals surface area contributed by atoms with Crippen LogP contribution in [0.5, 0.6) is 0 Å². The highest BCUT2D eigenvalue weighted by molar-refractivity contribution is 8.08. The van der Waals surface area contributed by atoms with Gasteiger partial charge < -0.3 is 9.64 Å². The van der Waals surface area contributed by atoms with Crippen LogP contribution in [-0.2, 0) is 21.1 Å². The maximum Gasteiger partial charge on any atom is 0.409 e. The molecule has 2 aromatic carbocycles. The van der Waals surface area contributed by atoms with Crippen molar-refractivity contribution in [2.45, 2.75) is 30.0 Å². The van der Waals surface area contributed by atoms with Gasteiger partial charge in [-0.2, -0.15) is 5.10 Å². The Morgan fingerprint density at radius 2 is 1.87 bits per heavy atom. The van der Waals surface area contributed by atoms with Gasteiger partial charge in [-0.05, 0) is 49.2 Å². The van der Waals surface area contributed by atoms with Gasteiger partial charge in [-0.25, -0.2) is 17.9 Å². The summed E-state index contributed by atoms with van der Waals surface area (Å²) < 4.78 is 31.2. The maximum absolute atomic E-state index is 12.1. The number of para-hydroxylation sites is 1. The molecule has 0 radical (unpaired) electrons. The second kappa shape index (κ2) is 11.8. The molecule has 0 N–H and O–H groups in total. The topological polar surface area (TPSA) is 84.7 Å². The second-order valence-corrected chi connectivity index (χ2v) is 13.3. The first-order chi connectivity index (χ1) is 18.7. The fourth-order valence-corrected chi connectivity index (χ4v) is 6.94. The van der Waals surface area contributed by atoms with Crippen LogP contribution >= 0.6 is 23.4 Å². The lowest BCUT2D eigenvalue weighted by atomic mass is 10.1. The van der Waals surface area contributed by atoms with E-state index in [2.05, 4.69) is 17.0 Å². The van der Waals surface area contributed by atoms with Crippen LogP contribution in [0.3, 0.4) is 0 Å². The van der Waals surface area contributed by atoms with Crippen molar-refractivity contribution in [1.29, 1.82) is 0 Å². The maximum atomic E-state index is 12.1. The number of hydrogen-bond acceptors (Lipinski definition) is 7. The second-order valence-electron chi connectivity index (χ2n) is 9.60. The number of thioether (sulfide) groups is 1. The van der Waals surface area contributed by atoms with E-state index >= 15 is 0 Å². The van der Waals surface area contributed by atoms with Gasteiger partial charge in [0.25, 0.3) is 0 Å². The van der Waals surface area contributed by atoms with Gasteiger partial charge in [0.2, 0.25) is 0 Å². The highest BCUT2D eigenvalue weighted by atomic mass is 35.5. The molecule has 8 nitrogen and oxygen atoms in total. The number of sulfone groups is 1. The van der Waals surface area contributed by atoms with Crippen molar-refractivity contribution < 1.29 is 17.9 Å². The van der Waals surface area contributed by atoms with Crippen molar-refractivity contribution in [3.05, 3.63) is 82.6 Å². The molecule has 3 aromatic rings. The quantitative estimate of drug-likeness (QED) is 0.365. The third kappa shape index (κ3) is 6.35. The first-order valence-electron chi connectivity index (χ1n) is 12.9. The van der Waals surface area contributed by atoms with E-state index in [1.165, 1.54) is 6.26 Å². The van der Waals surface area contributed by atoms with E-state index < -0.39 is 9.84 Å². The third-order valence-corrected chi connectivity index (χ3v) is 9.62. The monoisotopic (exact) mass is 586 g/mol. The first-order valence-corrected chi connectivity index (χ1v) is 16.0. The van der Waals surface area contributed by atoms with Gasteiger partial charge in [-0.1, -0.05) is 41.9 Å². The fraction of sp³-hybridized carbons (Fsp3) is 0.357. The minimum atomic E-state index is -3.29. The summed E-state index contributed by atoms with van der Waals surface area (Å²) in [6.45, 7) is 5.58. The molecule has 1 aromatic heterocycles. The van der Waals surface area contributed by atoms with Crippen LogP contribution in [0.2, 0.25) is 5.02 Å². The number of nitrogens with zero attached hydrogens (tertiary/aromatic N) is 4. The van der Waals surface area contributed by atoms with E-state index in [-0.39, 0.29) is 11.3 Å². The summed E-state index contributed by atoms with van der Waals surface area (Å²) in [4.78, 5) is 17.5. The average molecular weight is 587 g/mol. The standard InChI is InChI=1S/C28H31ClN4O4S2/c1-3-37-28(34)32-15-13-31(14-16-32)19-21-18-25(33(30-21)24-10-5-4-9-23(24)29)27-12-11-26(38-27)20-7-6-8-22(17-20)39(2,35)36/h4-11,17-18,27H,3,12-16,19H2,1-2H3. The number of hydrogen-bond donors (Lipinski definition) is 0. The Labute approximate surface area is 238 Å². The molecule has 1 amide bonds. The van der Waals surface area contributed by atoms with E-state index in [0.29, 0.717) is 36.2 Å². The highest BCUT2D eigenvalue weighted by Crippen LogP contribution is 2.49. The molecule has 1 fully saturated rings. The summed E-state index contributed by atoms with van der Waals surface area (Å²) in [5.74, 6) is 0. The predicted octanol–water partition coefficient (Wildman–Crippen LogP) is 5.42. The number of ether oxygens (including phenoxy) is 1. The number of carbonyl (C=O) groups is 1. The zero-order valence-corrected chi connectivity index (χ0v) is 24.3. The lowest BCUT2D eigenvalue weighted by molar-refractivity contribution is 0.0775. The molecule has 11 heteroatoms. The first kappa shape index (κ1) is 27.8. The van der Waals surface area contributed by atoms with Crippen LogP contribution in [0, 0.1) is 0 Å². The number of piperazine rings is 1. The molecule has 5 rings (SSSR count). The van der Waals surface area contributed by atoms with Crippen molar-refractivity contribution in [1.82, 2.24) is 19.6 Å². The molecule has 3 heterocycles. The fourth-order valence-electron chi connectivity index (χ4n) is 4.81. The van der Waals surface area contributed by atoms with Gasteiger partial charge in [0.15, 0.2) is 9.84 Å². The Morgan fingerprint density at radius 1 is 1.10 bits per heavy atom. The number of rotatable bonds is 7. The molecule has 1 atom stereocenters. The van der Waals surface area contributed by atoms with Crippen LogP contribution in [0.1, 0.15) is 35.5 Å². The summed E-state index contributed by atoms with van der Waals surface area (Å²) in [7, 11) is -3.29. The number of benzene rings is 2. The Balaban J connectivity index is 1.36. The molecule has 1 unspecified atom stereocenters. The molecular weight excluding hydrogens is 556 g/mol. The smallest absolute Gasteiger partial charge is 0.409 e. The van der Waals surface area contributed by atoms with Crippen LogP contribution in [0.25, 0.3) is 10.6 Å². The van der Waals surface area contributed by atoms with Crippen molar-refractivity contribution in [2.75, 3.05) is 39.0 Å². The van der Waals surface area contributed by atoms with Crippen LogP contribution in [0.4, 0.5) is 4.79 Å². The van der Waals surface area contributed by atoms with E-state index in [4.69, 9.17) is 21.4 Å². The zero-order valence-electron chi connectivity index (χ0n) is 21.9. The molecule has 2 aliphatic heterocycles. The van der Waals surface area contributed by atoms with Gasteiger partial charge in [0.05, 0.1) is 38.9 Å². The molecule has 2 aliphatic rings. The predicted molar refractivity (Wildman–Crippen MR) is 155 cm³/mol. The van der Waals surface area contributed by atoms with Gasteiger partial charge >= 0.3 is 6.09 Å². The molecule has 1 saturated heterocycles. The summed E-state index contributed by atoms with van der Waals surface area (Å²) in [6.07, 6.45) is 3.92. The average Bonchev–Trinajstić information content (AvgIpc) is 3.57. The normalized spacial score (nSPS) is 18.3. The van der Waals surface area contributed by atoms with Crippen molar-refractivity contribution >= 4 is 44.2 Å². The Hall–Kier alpha value is -2.79. The molecule has 0 aliphatic carbocycles. The van der Waals surface area contributed by atoms with Gasteiger partial charge in [0, 0.05) is 43.9 Å². The van der Waals surface area contributed by atoms with E-state index in [1.54, 1.807) is 34.9 Å². The number of halogens is 1.